The maximum atomic E-state index is 10.2. The number of aldehydes is 1. The first-order valence-electron chi connectivity index (χ1n) is 10.2. The number of fused-ring (bicyclic) bond motifs is 1. The summed E-state index contributed by atoms with van der Waals surface area (Å²) >= 11 is 1.63. The van der Waals surface area contributed by atoms with Gasteiger partial charge in [-0.15, -0.1) is 0 Å². The number of benzene rings is 1. The zero-order chi connectivity index (χ0) is 21.3. The largest absolute Gasteiger partial charge is 0.493 e. The molecule has 1 aliphatic rings. The van der Waals surface area contributed by atoms with Gasteiger partial charge in [0.15, 0.2) is 16.6 Å². The van der Waals surface area contributed by atoms with Gasteiger partial charge in [-0.25, -0.2) is 4.98 Å². The van der Waals surface area contributed by atoms with E-state index in [0.29, 0.717) is 11.7 Å². The van der Waals surface area contributed by atoms with E-state index in [-0.39, 0.29) is 0 Å². The van der Waals surface area contributed by atoms with E-state index in [0.717, 1.165) is 52.3 Å². The first-order chi connectivity index (χ1) is 14.6. The topological polar surface area (TPSA) is 64.6 Å². The Morgan fingerprint density at radius 1 is 1.17 bits per heavy atom. The number of aromatic nitrogens is 2. The summed E-state index contributed by atoms with van der Waals surface area (Å²) in [6.07, 6.45) is 10.9. The lowest BCUT2D eigenvalue weighted by molar-refractivity contribution is -0.111. The number of anilines is 1. The lowest BCUT2D eigenvalue weighted by Gasteiger charge is -2.14. The van der Waals surface area contributed by atoms with Gasteiger partial charge < -0.3 is 19.2 Å². The smallest absolute Gasteiger partial charge is 0.186 e. The van der Waals surface area contributed by atoms with E-state index in [4.69, 9.17) is 9.47 Å². The molecule has 0 radical (unpaired) electrons. The van der Waals surface area contributed by atoms with Gasteiger partial charge in [-0.3, -0.25) is 4.98 Å². The van der Waals surface area contributed by atoms with Crippen LogP contribution in [0, 0.1) is 5.92 Å². The molecule has 0 N–H and O–H groups in total. The molecule has 7 heteroatoms. The molecule has 3 aromatic rings. The summed E-state index contributed by atoms with van der Waals surface area (Å²) in [5.74, 6) is 1.82. The Morgan fingerprint density at radius 3 is 2.50 bits per heavy atom. The number of hydrogen-bond acceptors (Lipinski definition) is 7. The van der Waals surface area contributed by atoms with Crippen LogP contribution in [-0.2, 0) is 11.3 Å². The third kappa shape index (κ3) is 5.69. The summed E-state index contributed by atoms with van der Waals surface area (Å²) in [6.45, 7) is 0.766. The highest BCUT2D eigenvalue weighted by Gasteiger charge is 2.13. The van der Waals surface area contributed by atoms with E-state index in [1.54, 1.807) is 31.8 Å². The molecule has 160 valence electrons. The van der Waals surface area contributed by atoms with Crippen LogP contribution in [0.5, 0.6) is 11.5 Å². The van der Waals surface area contributed by atoms with Crippen LogP contribution in [0.3, 0.4) is 0 Å². The van der Waals surface area contributed by atoms with Crippen LogP contribution < -0.4 is 14.4 Å². The van der Waals surface area contributed by atoms with Crippen molar-refractivity contribution in [3.8, 4) is 11.5 Å². The van der Waals surface area contributed by atoms with Crippen molar-refractivity contribution in [1.82, 2.24) is 9.97 Å². The molecule has 0 spiro atoms. The van der Waals surface area contributed by atoms with Gasteiger partial charge >= 0.3 is 0 Å². The Labute approximate surface area is 181 Å². The minimum Gasteiger partial charge on any atom is -0.493 e. The van der Waals surface area contributed by atoms with Crippen molar-refractivity contribution in [1.29, 1.82) is 0 Å². The van der Waals surface area contributed by atoms with Crippen molar-refractivity contribution in [2.75, 3.05) is 26.2 Å². The molecule has 0 saturated heterocycles. The number of thiazole rings is 1. The molecular formula is C23H29N3O3S. The fourth-order valence-corrected chi connectivity index (χ4v) is 4.45. The molecular weight excluding hydrogens is 398 g/mol. The standard InChI is InChI=1S/C16H17N3O2S.C7H12O/c1-19(10-11-5-4-6-17-9-11)16-18-12-7-13(20-2)14(21-3)8-15(12)22-16;8-6-7-4-2-1-3-5-7/h4-9H,10H2,1-3H3;6-7H,1-5H2. The Kier molecular flexibility index (Phi) is 8.02. The van der Waals surface area contributed by atoms with Crippen molar-refractivity contribution in [2.45, 2.75) is 38.6 Å². The summed E-state index contributed by atoms with van der Waals surface area (Å²) in [6, 6.07) is 7.87. The predicted octanol–water partition coefficient (Wildman–Crippen LogP) is 5.11. The van der Waals surface area contributed by atoms with Crippen LogP contribution in [0.2, 0.25) is 0 Å². The Balaban J connectivity index is 0.000000269. The van der Waals surface area contributed by atoms with Crippen LogP contribution in [0.4, 0.5) is 5.13 Å². The lowest BCUT2D eigenvalue weighted by Crippen LogP contribution is -2.15. The minimum absolute atomic E-state index is 0.406. The highest BCUT2D eigenvalue weighted by Crippen LogP contribution is 2.37. The Bertz CT molecular complexity index is 899. The molecule has 1 fully saturated rings. The first kappa shape index (κ1) is 22.0. The maximum Gasteiger partial charge on any atom is 0.186 e. The molecule has 1 aromatic carbocycles. The van der Waals surface area contributed by atoms with Gasteiger partial charge in [-0.2, -0.15) is 0 Å². The molecule has 0 aliphatic heterocycles. The molecule has 0 unspecified atom stereocenters. The second kappa shape index (κ2) is 10.9. The molecule has 0 amide bonds. The lowest BCUT2D eigenvalue weighted by atomic mass is 9.91. The molecule has 6 nitrogen and oxygen atoms in total. The molecule has 30 heavy (non-hydrogen) atoms. The molecule has 1 saturated carbocycles. The van der Waals surface area contributed by atoms with Crippen molar-refractivity contribution in [3.63, 3.8) is 0 Å². The molecule has 0 atom stereocenters. The van der Waals surface area contributed by atoms with Gasteiger partial charge in [0.2, 0.25) is 0 Å². The van der Waals surface area contributed by atoms with E-state index in [9.17, 15) is 4.79 Å². The highest BCUT2D eigenvalue weighted by molar-refractivity contribution is 7.22. The van der Waals surface area contributed by atoms with Crippen LogP contribution in [-0.4, -0.2) is 37.5 Å². The normalized spacial score (nSPS) is 14.0. The quantitative estimate of drug-likeness (QED) is 0.509. The van der Waals surface area contributed by atoms with Crippen molar-refractivity contribution in [3.05, 3.63) is 42.2 Å². The fraction of sp³-hybridized carbons (Fsp3) is 0.435. The SMILES string of the molecule is COc1cc2nc(N(C)Cc3cccnc3)sc2cc1OC.O=CC1CCCCC1. The van der Waals surface area contributed by atoms with Crippen molar-refractivity contribution < 1.29 is 14.3 Å². The van der Waals surface area contributed by atoms with Gasteiger partial charge in [0, 0.05) is 44.0 Å². The highest BCUT2D eigenvalue weighted by atomic mass is 32.1. The molecule has 2 aromatic heterocycles. The number of carbonyl (C=O) groups excluding carboxylic acids is 1. The number of pyridine rings is 1. The van der Waals surface area contributed by atoms with E-state index < -0.39 is 0 Å². The van der Waals surface area contributed by atoms with Crippen molar-refractivity contribution in [2.24, 2.45) is 5.92 Å². The van der Waals surface area contributed by atoms with Gasteiger partial charge in [0.25, 0.3) is 0 Å². The summed E-state index contributed by atoms with van der Waals surface area (Å²) in [5, 5.41) is 0.953. The van der Waals surface area contributed by atoms with E-state index in [2.05, 4.69) is 20.9 Å². The molecule has 1 aliphatic carbocycles. The van der Waals surface area contributed by atoms with Crippen LogP contribution >= 0.6 is 11.3 Å². The van der Waals surface area contributed by atoms with E-state index in [1.807, 2.05) is 31.4 Å². The van der Waals surface area contributed by atoms with Crippen molar-refractivity contribution >= 4 is 33.0 Å². The zero-order valence-corrected chi connectivity index (χ0v) is 18.7. The number of methoxy groups -OCH3 is 2. The number of nitrogens with zero attached hydrogens (tertiary/aromatic N) is 3. The van der Waals surface area contributed by atoms with Gasteiger partial charge in [0.05, 0.1) is 24.4 Å². The van der Waals surface area contributed by atoms with Crippen LogP contribution in [0.25, 0.3) is 10.2 Å². The van der Waals surface area contributed by atoms with E-state index >= 15 is 0 Å². The zero-order valence-electron chi connectivity index (χ0n) is 17.8. The average molecular weight is 428 g/mol. The summed E-state index contributed by atoms with van der Waals surface area (Å²) in [5.41, 5.74) is 2.06. The number of hydrogen-bond donors (Lipinski definition) is 0. The first-order valence-corrected chi connectivity index (χ1v) is 11.0. The van der Waals surface area contributed by atoms with Crippen LogP contribution in [0.15, 0.2) is 36.7 Å². The average Bonchev–Trinajstić information content (AvgIpc) is 3.23. The third-order valence-corrected chi connectivity index (χ3v) is 6.33. The maximum absolute atomic E-state index is 10.2. The predicted molar refractivity (Wildman–Crippen MR) is 122 cm³/mol. The molecule has 4 rings (SSSR count). The van der Waals surface area contributed by atoms with Gasteiger partial charge in [0.1, 0.15) is 6.29 Å². The van der Waals surface area contributed by atoms with E-state index in [1.165, 1.54) is 19.3 Å². The number of carbonyl (C=O) groups is 1. The summed E-state index contributed by atoms with van der Waals surface area (Å²) < 4.78 is 11.7. The summed E-state index contributed by atoms with van der Waals surface area (Å²) in [4.78, 5) is 21.1. The second-order valence-corrected chi connectivity index (χ2v) is 8.43. The monoisotopic (exact) mass is 427 g/mol. The fourth-order valence-electron chi connectivity index (χ4n) is 3.51. The number of rotatable bonds is 6. The Hall–Kier alpha value is -2.67. The number of ether oxygens (including phenoxy) is 2. The van der Waals surface area contributed by atoms with Gasteiger partial charge in [-0.05, 0) is 24.5 Å². The Morgan fingerprint density at radius 2 is 1.90 bits per heavy atom. The third-order valence-electron chi connectivity index (χ3n) is 5.19. The minimum atomic E-state index is 0.406. The second-order valence-electron chi connectivity index (χ2n) is 7.42. The van der Waals surface area contributed by atoms with Gasteiger partial charge in [-0.1, -0.05) is 36.7 Å². The summed E-state index contributed by atoms with van der Waals surface area (Å²) in [7, 11) is 5.30. The molecule has 2 heterocycles. The van der Waals surface area contributed by atoms with Crippen LogP contribution in [0.1, 0.15) is 37.7 Å². The molecule has 0 bridgehead atoms.